The van der Waals surface area contributed by atoms with E-state index in [1.54, 1.807) is 0 Å². The number of rotatable bonds is 1. The van der Waals surface area contributed by atoms with Crippen molar-refractivity contribution in [3.8, 4) is 0 Å². The van der Waals surface area contributed by atoms with Gasteiger partial charge in [-0.2, -0.15) is 0 Å². The Balaban J connectivity index is 2.03. The molecule has 0 amide bonds. The Labute approximate surface area is 115 Å². The third kappa shape index (κ3) is 2.15. The molecule has 0 spiro atoms. The Kier molecular flexibility index (Phi) is 3.07. The average Bonchev–Trinajstić information content (AvgIpc) is 2.77. The van der Waals surface area contributed by atoms with Gasteiger partial charge in [0.2, 0.25) is 0 Å². The van der Waals surface area contributed by atoms with Crippen LogP contribution in [0, 0.1) is 0 Å². The number of aromatic nitrogens is 1. The van der Waals surface area contributed by atoms with Gasteiger partial charge in [-0.3, -0.25) is 4.90 Å². The monoisotopic (exact) mass is 255 g/mol. The van der Waals surface area contributed by atoms with Gasteiger partial charge in [-0.1, -0.05) is 24.3 Å². The lowest BCUT2D eigenvalue weighted by Gasteiger charge is -2.34. The van der Waals surface area contributed by atoms with Crippen LogP contribution in [0.3, 0.4) is 0 Å². The standard InChI is InChI=1S/C16H21N3/c1-13-18(3)11-14-7-4-5-8-15(14)12-19(13)16-9-6-10-17(16)2/h4-10,13H,11-12H2,1-3H3/t13-/m0/s1. The number of hydrogen-bond acceptors (Lipinski definition) is 2. The van der Waals surface area contributed by atoms with E-state index in [0.717, 1.165) is 13.1 Å². The maximum atomic E-state index is 2.46. The highest BCUT2D eigenvalue weighted by atomic mass is 15.4. The maximum absolute atomic E-state index is 2.46. The summed E-state index contributed by atoms with van der Waals surface area (Å²) in [5.41, 5.74) is 2.87. The summed E-state index contributed by atoms with van der Waals surface area (Å²) in [5, 5.41) is 0. The molecule has 2 aromatic rings. The molecule has 3 heteroatoms. The molecule has 3 nitrogen and oxygen atoms in total. The van der Waals surface area contributed by atoms with E-state index in [2.05, 4.69) is 78.0 Å². The fraction of sp³-hybridized carbons (Fsp3) is 0.375. The van der Waals surface area contributed by atoms with E-state index >= 15 is 0 Å². The van der Waals surface area contributed by atoms with Crippen molar-refractivity contribution in [2.24, 2.45) is 7.05 Å². The topological polar surface area (TPSA) is 11.4 Å². The molecular weight excluding hydrogens is 234 g/mol. The molecule has 0 N–H and O–H groups in total. The van der Waals surface area contributed by atoms with Crippen molar-refractivity contribution in [3.05, 3.63) is 53.7 Å². The number of hydrogen-bond donors (Lipinski definition) is 0. The molecule has 100 valence electrons. The van der Waals surface area contributed by atoms with Gasteiger partial charge in [-0.15, -0.1) is 0 Å². The Morgan fingerprint density at radius 2 is 1.63 bits per heavy atom. The molecule has 1 aliphatic rings. The van der Waals surface area contributed by atoms with E-state index in [9.17, 15) is 0 Å². The number of fused-ring (bicyclic) bond motifs is 1. The third-order valence-corrected chi connectivity index (χ3v) is 4.18. The molecule has 0 radical (unpaired) electrons. The minimum Gasteiger partial charge on any atom is -0.338 e. The Bertz CT molecular complexity index is 573. The van der Waals surface area contributed by atoms with Crippen molar-refractivity contribution in [2.75, 3.05) is 11.9 Å². The van der Waals surface area contributed by atoms with Crippen molar-refractivity contribution in [2.45, 2.75) is 26.2 Å². The van der Waals surface area contributed by atoms with E-state index in [-0.39, 0.29) is 0 Å². The molecule has 0 bridgehead atoms. The highest BCUT2D eigenvalue weighted by molar-refractivity contribution is 5.44. The van der Waals surface area contributed by atoms with Crippen molar-refractivity contribution >= 4 is 5.82 Å². The van der Waals surface area contributed by atoms with Crippen LogP contribution in [0.4, 0.5) is 5.82 Å². The van der Waals surface area contributed by atoms with E-state index in [0.29, 0.717) is 6.17 Å². The highest BCUT2D eigenvalue weighted by Gasteiger charge is 2.25. The molecule has 1 atom stereocenters. The van der Waals surface area contributed by atoms with Crippen LogP contribution < -0.4 is 4.90 Å². The van der Waals surface area contributed by atoms with Gasteiger partial charge in [0.05, 0.1) is 6.17 Å². The van der Waals surface area contributed by atoms with E-state index in [1.165, 1.54) is 16.9 Å². The highest BCUT2D eigenvalue weighted by Crippen LogP contribution is 2.27. The zero-order chi connectivity index (χ0) is 13.4. The first-order valence-electron chi connectivity index (χ1n) is 6.82. The van der Waals surface area contributed by atoms with Crippen LogP contribution in [0.1, 0.15) is 18.1 Å². The van der Waals surface area contributed by atoms with Crippen LogP contribution in [0.15, 0.2) is 42.6 Å². The number of aryl methyl sites for hydroxylation is 1. The largest absolute Gasteiger partial charge is 0.338 e. The lowest BCUT2D eigenvalue weighted by atomic mass is 10.1. The zero-order valence-corrected chi connectivity index (χ0v) is 11.9. The number of nitrogens with zero attached hydrogens (tertiary/aromatic N) is 3. The number of anilines is 1. The van der Waals surface area contributed by atoms with Crippen LogP contribution in [-0.4, -0.2) is 22.7 Å². The summed E-state index contributed by atoms with van der Waals surface area (Å²) in [7, 11) is 4.31. The van der Waals surface area contributed by atoms with E-state index in [1.807, 2.05) is 0 Å². The van der Waals surface area contributed by atoms with E-state index in [4.69, 9.17) is 0 Å². The third-order valence-electron chi connectivity index (χ3n) is 4.18. The normalized spacial score (nSPS) is 20.2. The van der Waals surface area contributed by atoms with Crippen LogP contribution in [0.2, 0.25) is 0 Å². The lowest BCUT2D eigenvalue weighted by molar-refractivity contribution is 0.246. The second kappa shape index (κ2) is 4.74. The summed E-state index contributed by atoms with van der Waals surface area (Å²) in [5.74, 6) is 1.27. The Morgan fingerprint density at radius 3 is 2.26 bits per heavy atom. The van der Waals surface area contributed by atoms with Gasteiger partial charge in [0.25, 0.3) is 0 Å². The average molecular weight is 255 g/mol. The molecule has 0 aliphatic carbocycles. The van der Waals surface area contributed by atoms with Crippen molar-refractivity contribution in [1.29, 1.82) is 0 Å². The van der Waals surface area contributed by atoms with Crippen LogP contribution in [0.5, 0.6) is 0 Å². The first-order chi connectivity index (χ1) is 9.16. The summed E-state index contributed by atoms with van der Waals surface area (Å²) in [4.78, 5) is 4.87. The lowest BCUT2D eigenvalue weighted by Crippen LogP contribution is -2.42. The number of benzene rings is 1. The van der Waals surface area contributed by atoms with E-state index < -0.39 is 0 Å². The molecule has 1 aliphatic heterocycles. The summed E-state index contributed by atoms with van der Waals surface area (Å²) in [6.07, 6.45) is 2.50. The first kappa shape index (κ1) is 12.3. The minimum atomic E-state index is 0.390. The molecule has 0 unspecified atom stereocenters. The molecule has 1 aromatic heterocycles. The predicted octanol–water partition coefficient (Wildman–Crippen LogP) is 2.82. The smallest absolute Gasteiger partial charge is 0.109 e. The molecule has 2 heterocycles. The van der Waals surface area contributed by atoms with Crippen molar-refractivity contribution < 1.29 is 0 Å². The fourth-order valence-corrected chi connectivity index (χ4v) is 2.84. The van der Waals surface area contributed by atoms with Gasteiger partial charge < -0.3 is 9.47 Å². The summed E-state index contributed by atoms with van der Waals surface area (Å²) >= 11 is 0. The summed E-state index contributed by atoms with van der Waals surface area (Å²) in [6.45, 7) is 4.26. The molecule has 0 saturated heterocycles. The molecule has 0 saturated carbocycles. The van der Waals surface area contributed by atoms with Gasteiger partial charge in [0.1, 0.15) is 5.82 Å². The molecular formula is C16H21N3. The van der Waals surface area contributed by atoms with Gasteiger partial charge in [0, 0.05) is 26.3 Å². The maximum Gasteiger partial charge on any atom is 0.109 e. The van der Waals surface area contributed by atoms with Gasteiger partial charge in [0.15, 0.2) is 0 Å². The molecule has 19 heavy (non-hydrogen) atoms. The molecule has 1 aromatic carbocycles. The fourth-order valence-electron chi connectivity index (χ4n) is 2.84. The first-order valence-corrected chi connectivity index (χ1v) is 6.82. The van der Waals surface area contributed by atoms with Crippen LogP contribution >= 0.6 is 0 Å². The zero-order valence-electron chi connectivity index (χ0n) is 11.9. The summed E-state index contributed by atoms with van der Waals surface area (Å²) in [6, 6.07) is 13.1. The predicted molar refractivity (Wildman–Crippen MR) is 79.0 cm³/mol. The van der Waals surface area contributed by atoms with Gasteiger partial charge in [-0.05, 0) is 37.2 Å². The quantitative estimate of drug-likeness (QED) is 0.776. The Morgan fingerprint density at radius 1 is 0.947 bits per heavy atom. The van der Waals surface area contributed by atoms with Gasteiger partial charge in [-0.25, -0.2) is 0 Å². The second-order valence-corrected chi connectivity index (χ2v) is 5.42. The summed E-state index contributed by atoms with van der Waals surface area (Å²) < 4.78 is 2.19. The SMILES string of the molecule is C[C@H]1N(C)Cc2ccccc2CN1c1cccn1C. The van der Waals surface area contributed by atoms with Gasteiger partial charge >= 0.3 is 0 Å². The minimum absolute atomic E-state index is 0.390. The molecule has 0 fully saturated rings. The molecule has 3 rings (SSSR count). The second-order valence-electron chi connectivity index (χ2n) is 5.42. The van der Waals surface area contributed by atoms with Crippen molar-refractivity contribution in [1.82, 2.24) is 9.47 Å². The van der Waals surface area contributed by atoms with Crippen molar-refractivity contribution in [3.63, 3.8) is 0 Å². The van der Waals surface area contributed by atoms with Crippen LogP contribution in [0.25, 0.3) is 0 Å². The van der Waals surface area contributed by atoms with Crippen LogP contribution in [-0.2, 0) is 20.1 Å². The Hall–Kier alpha value is -1.74.